The minimum atomic E-state index is 0.748. The maximum atomic E-state index is 2.29. The van der Waals surface area contributed by atoms with Crippen molar-refractivity contribution >= 4 is 0 Å². The quantitative estimate of drug-likeness (QED) is 0.682. The lowest BCUT2D eigenvalue weighted by molar-refractivity contribution is 0.631. The van der Waals surface area contributed by atoms with Crippen molar-refractivity contribution < 1.29 is 0 Å². The second-order valence-corrected chi connectivity index (χ2v) is 5.40. The highest BCUT2D eigenvalue weighted by Crippen LogP contribution is 2.19. The Morgan fingerprint density at radius 3 is 1.60 bits per heavy atom. The lowest BCUT2D eigenvalue weighted by atomic mass is 9.92. The van der Waals surface area contributed by atoms with Crippen molar-refractivity contribution in [3.05, 3.63) is 34.9 Å². The lowest BCUT2D eigenvalue weighted by Gasteiger charge is -2.14. The molecule has 0 saturated heterocycles. The zero-order valence-corrected chi connectivity index (χ0v) is 10.8. The Balaban J connectivity index is 2.90. The Kier molecular flexibility index (Phi) is 4.38. The van der Waals surface area contributed by atoms with E-state index >= 15 is 0 Å². The van der Waals surface area contributed by atoms with E-state index in [-0.39, 0.29) is 0 Å². The van der Waals surface area contributed by atoms with Gasteiger partial charge in [0.2, 0.25) is 0 Å². The molecule has 0 amide bonds. The Morgan fingerprint density at radius 2 is 1.27 bits per heavy atom. The van der Waals surface area contributed by atoms with Crippen LogP contribution in [0.5, 0.6) is 0 Å². The van der Waals surface area contributed by atoms with E-state index < -0.39 is 0 Å². The van der Waals surface area contributed by atoms with Crippen molar-refractivity contribution in [2.75, 3.05) is 0 Å². The summed E-state index contributed by atoms with van der Waals surface area (Å²) in [5.41, 5.74) is 4.58. The fraction of sp³-hybridized carbons (Fsp3) is 0.600. The average Bonchev–Trinajstić information content (AvgIpc) is 2.10. The van der Waals surface area contributed by atoms with Gasteiger partial charge in [-0.25, -0.2) is 0 Å². The van der Waals surface area contributed by atoms with Crippen LogP contribution in [0.1, 0.15) is 44.4 Å². The summed E-state index contributed by atoms with van der Waals surface area (Å²) in [6, 6.07) is 6.76. The molecule has 0 aliphatic rings. The standard InChI is InChI=1S/C15H24/c1-11(2)9-14-7-6-8-15(13(14)5)10-12(3)4/h6-8,11-12H,9-10H2,1-5H3. The number of hydrogen-bond acceptors (Lipinski definition) is 0. The molecule has 0 unspecified atom stereocenters. The van der Waals surface area contributed by atoms with Gasteiger partial charge >= 0.3 is 0 Å². The number of hydrogen-bond donors (Lipinski definition) is 0. The Hall–Kier alpha value is -0.780. The second-order valence-electron chi connectivity index (χ2n) is 5.40. The van der Waals surface area contributed by atoms with Gasteiger partial charge in [0.15, 0.2) is 0 Å². The number of benzene rings is 1. The minimum absolute atomic E-state index is 0.748. The molecule has 0 radical (unpaired) electrons. The van der Waals surface area contributed by atoms with Crippen LogP contribution in [0.3, 0.4) is 0 Å². The molecule has 1 rings (SSSR count). The van der Waals surface area contributed by atoms with Crippen molar-refractivity contribution in [1.29, 1.82) is 0 Å². The molecule has 1 aromatic rings. The van der Waals surface area contributed by atoms with Crippen LogP contribution in [0.4, 0.5) is 0 Å². The third kappa shape index (κ3) is 3.70. The molecule has 0 nitrogen and oxygen atoms in total. The molecule has 0 N–H and O–H groups in total. The van der Waals surface area contributed by atoms with Crippen molar-refractivity contribution in [3.63, 3.8) is 0 Å². The van der Waals surface area contributed by atoms with Crippen molar-refractivity contribution in [1.82, 2.24) is 0 Å². The zero-order valence-electron chi connectivity index (χ0n) is 10.8. The van der Waals surface area contributed by atoms with Gasteiger partial charge in [-0.3, -0.25) is 0 Å². The Bertz CT molecular complexity index is 280. The molecule has 0 atom stereocenters. The monoisotopic (exact) mass is 204 g/mol. The summed E-state index contributed by atoms with van der Waals surface area (Å²) in [6.45, 7) is 11.4. The van der Waals surface area contributed by atoms with Crippen LogP contribution in [0, 0.1) is 18.8 Å². The predicted octanol–water partition coefficient (Wildman–Crippen LogP) is 4.39. The van der Waals surface area contributed by atoms with Gasteiger partial charge in [0, 0.05) is 0 Å². The summed E-state index contributed by atoms with van der Waals surface area (Å²) in [7, 11) is 0. The smallest absolute Gasteiger partial charge is 0.0253 e. The van der Waals surface area contributed by atoms with Gasteiger partial charge in [0.1, 0.15) is 0 Å². The van der Waals surface area contributed by atoms with Gasteiger partial charge in [0.05, 0.1) is 0 Å². The molecular weight excluding hydrogens is 180 g/mol. The maximum Gasteiger partial charge on any atom is -0.0253 e. The summed E-state index contributed by atoms with van der Waals surface area (Å²) in [5, 5.41) is 0. The first-order chi connectivity index (χ1) is 7.00. The van der Waals surface area contributed by atoms with Crippen molar-refractivity contribution in [2.45, 2.75) is 47.5 Å². The SMILES string of the molecule is Cc1c(CC(C)C)cccc1CC(C)C. The van der Waals surface area contributed by atoms with E-state index in [0.717, 1.165) is 11.8 Å². The van der Waals surface area contributed by atoms with Gasteiger partial charge in [-0.05, 0) is 48.3 Å². The molecule has 1 aromatic carbocycles. The normalized spacial score (nSPS) is 11.4. The molecule has 0 aromatic heterocycles. The van der Waals surface area contributed by atoms with Crippen LogP contribution in [0.15, 0.2) is 18.2 Å². The van der Waals surface area contributed by atoms with Gasteiger partial charge in [0.25, 0.3) is 0 Å². The Morgan fingerprint density at radius 1 is 0.867 bits per heavy atom. The molecule has 0 fully saturated rings. The lowest BCUT2D eigenvalue weighted by Crippen LogP contribution is -2.02. The molecule has 84 valence electrons. The summed E-state index contributed by atoms with van der Waals surface area (Å²) >= 11 is 0. The first-order valence-electron chi connectivity index (χ1n) is 6.08. The van der Waals surface area contributed by atoms with E-state index in [1.165, 1.54) is 29.5 Å². The van der Waals surface area contributed by atoms with Crippen LogP contribution < -0.4 is 0 Å². The maximum absolute atomic E-state index is 2.29. The summed E-state index contributed by atoms with van der Waals surface area (Å²) in [4.78, 5) is 0. The number of rotatable bonds is 4. The second kappa shape index (κ2) is 5.34. The first kappa shape index (κ1) is 12.3. The van der Waals surface area contributed by atoms with E-state index in [4.69, 9.17) is 0 Å². The van der Waals surface area contributed by atoms with Gasteiger partial charge < -0.3 is 0 Å². The van der Waals surface area contributed by atoms with Crippen LogP contribution in [-0.2, 0) is 12.8 Å². The highest BCUT2D eigenvalue weighted by atomic mass is 14.1. The summed E-state index contributed by atoms with van der Waals surface area (Å²) < 4.78 is 0. The highest BCUT2D eigenvalue weighted by Gasteiger charge is 2.06. The van der Waals surface area contributed by atoms with Crippen LogP contribution in [0.2, 0.25) is 0 Å². The van der Waals surface area contributed by atoms with E-state index in [2.05, 4.69) is 52.8 Å². The molecule has 15 heavy (non-hydrogen) atoms. The topological polar surface area (TPSA) is 0 Å². The van der Waals surface area contributed by atoms with Gasteiger partial charge in [-0.15, -0.1) is 0 Å². The fourth-order valence-electron chi connectivity index (χ4n) is 2.06. The van der Waals surface area contributed by atoms with Crippen molar-refractivity contribution in [2.24, 2.45) is 11.8 Å². The first-order valence-corrected chi connectivity index (χ1v) is 6.08. The molecule has 0 spiro atoms. The molecule has 0 heterocycles. The van der Waals surface area contributed by atoms with Gasteiger partial charge in [-0.2, -0.15) is 0 Å². The molecule has 0 heteroatoms. The van der Waals surface area contributed by atoms with Crippen LogP contribution in [0.25, 0.3) is 0 Å². The fourth-order valence-corrected chi connectivity index (χ4v) is 2.06. The van der Waals surface area contributed by atoms with Gasteiger partial charge in [-0.1, -0.05) is 45.9 Å². The van der Waals surface area contributed by atoms with Crippen LogP contribution >= 0.6 is 0 Å². The van der Waals surface area contributed by atoms with E-state index in [1.807, 2.05) is 0 Å². The third-order valence-corrected chi connectivity index (χ3v) is 2.81. The molecule has 0 aliphatic carbocycles. The van der Waals surface area contributed by atoms with E-state index in [1.54, 1.807) is 0 Å². The van der Waals surface area contributed by atoms with Crippen LogP contribution in [-0.4, -0.2) is 0 Å². The summed E-state index contributed by atoms with van der Waals surface area (Å²) in [6.07, 6.45) is 2.41. The average molecular weight is 204 g/mol. The van der Waals surface area contributed by atoms with E-state index in [9.17, 15) is 0 Å². The Labute approximate surface area is 94.7 Å². The van der Waals surface area contributed by atoms with E-state index in [0.29, 0.717) is 0 Å². The third-order valence-electron chi connectivity index (χ3n) is 2.81. The molecule has 0 bridgehead atoms. The predicted molar refractivity (Wildman–Crippen MR) is 68.3 cm³/mol. The zero-order chi connectivity index (χ0) is 11.4. The molecule has 0 aliphatic heterocycles. The summed E-state index contributed by atoms with van der Waals surface area (Å²) in [5.74, 6) is 1.50. The molecule has 0 saturated carbocycles. The largest absolute Gasteiger partial charge is 0.0625 e. The highest BCUT2D eigenvalue weighted by molar-refractivity contribution is 5.34. The minimum Gasteiger partial charge on any atom is -0.0625 e. The van der Waals surface area contributed by atoms with Crippen molar-refractivity contribution in [3.8, 4) is 0 Å². The molecular formula is C15H24.